The first-order chi connectivity index (χ1) is 9.44. The van der Waals surface area contributed by atoms with Gasteiger partial charge in [-0.15, -0.1) is 11.3 Å². The zero-order valence-electron chi connectivity index (χ0n) is 10.4. The number of hydrogen-bond acceptors (Lipinski definition) is 4. The molecule has 2 N–H and O–H groups in total. The summed E-state index contributed by atoms with van der Waals surface area (Å²) >= 11 is 4.32. The minimum Gasteiger partial charge on any atom is -0.355 e. The van der Waals surface area contributed by atoms with Crippen molar-refractivity contribution in [1.82, 2.24) is 5.32 Å². The Labute approximate surface area is 129 Å². The Kier molecular flexibility index (Phi) is 4.46. The predicted octanol–water partition coefficient (Wildman–Crippen LogP) is 2.67. The van der Waals surface area contributed by atoms with Gasteiger partial charge in [0.25, 0.3) is 15.9 Å². The van der Waals surface area contributed by atoms with Gasteiger partial charge < -0.3 is 5.32 Å². The smallest absolute Gasteiger partial charge is 0.272 e. The first-order valence-corrected chi connectivity index (χ1v) is 8.67. The van der Waals surface area contributed by atoms with Crippen LogP contribution in [0, 0.1) is 0 Å². The largest absolute Gasteiger partial charge is 0.355 e. The second-order valence-electron chi connectivity index (χ2n) is 3.82. The van der Waals surface area contributed by atoms with E-state index in [2.05, 4.69) is 26.0 Å². The number of anilines is 1. The van der Waals surface area contributed by atoms with E-state index in [0.717, 1.165) is 11.3 Å². The van der Waals surface area contributed by atoms with Crippen LogP contribution in [0.3, 0.4) is 0 Å². The van der Waals surface area contributed by atoms with Gasteiger partial charge in [-0.25, -0.2) is 8.42 Å². The summed E-state index contributed by atoms with van der Waals surface area (Å²) in [5.41, 5.74) is 0.866. The number of nitrogens with one attached hydrogen (secondary N) is 2. The fraction of sp³-hybridized carbons (Fsp3) is 0.0833. The second-order valence-corrected chi connectivity index (χ2v) is 7.47. The quantitative estimate of drug-likeness (QED) is 0.863. The number of sulfonamides is 1. The van der Waals surface area contributed by atoms with E-state index in [-0.39, 0.29) is 10.1 Å². The van der Waals surface area contributed by atoms with E-state index in [1.165, 1.54) is 7.05 Å². The van der Waals surface area contributed by atoms with Gasteiger partial charge in [-0.1, -0.05) is 0 Å². The van der Waals surface area contributed by atoms with Crippen molar-refractivity contribution in [2.45, 2.75) is 4.21 Å². The summed E-state index contributed by atoms with van der Waals surface area (Å²) in [7, 11) is -2.08. The SMILES string of the molecule is CNC(=O)c1ccc(NS(=O)(=O)c2sccc2Br)cc1. The first kappa shape index (κ1) is 15.0. The third-order valence-corrected chi connectivity index (χ3v) is 6.51. The molecule has 2 rings (SSSR count). The third-order valence-electron chi connectivity index (χ3n) is 2.45. The fourth-order valence-corrected chi connectivity index (χ4v) is 4.90. The van der Waals surface area contributed by atoms with Crippen LogP contribution < -0.4 is 10.0 Å². The standard InChI is InChI=1S/C12H11BrN2O3S2/c1-14-11(16)8-2-4-9(5-3-8)15-20(17,18)12-10(13)6-7-19-12/h2-7,15H,1H3,(H,14,16). The summed E-state index contributed by atoms with van der Waals surface area (Å²) in [6, 6.07) is 7.88. The minimum absolute atomic E-state index is 0.216. The van der Waals surface area contributed by atoms with E-state index in [1.807, 2.05) is 0 Å². The highest BCUT2D eigenvalue weighted by Gasteiger charge is 2.19. The van der Waals surface area contributed by atoms with E-state index in [0.29, 0.717) is 15.7 Å². The van der Waals surface area contributed by atoms with Gasteiger partial charge in [-0.2, -0.15) is 0 Å². The highest BCUT2D eigenvalue weighted by atomic mass is 79.9. The molecule has 0 atom stereocenters. The van der Waals surface area contributed by atoms with E-state index in [1.54, 1.807) is 35.7 Å². The summed E-state index contributed by atoms with van der Waals surface area (Å²) in [4.78, 5) is 11.4. The van der Waals surface area contributed by atoms with Crippen molar-refractivity contribution in [1.29, 1.82) is 0 Å². The van der Waals surface area contributed by atoms with Crippen molar-refractivity contribution < 1.29 is 13.2 Å². The van der Waals surface area contributed by atoms with Crippen molar-refractivity contribution in [3.8, 4) is 0 Å². The third kappa shape index (κ3) is 3.20. The Morgan fingerprint density at radius 2 is 1.85 bits per heavy atom. The van der Waals surface area contributed by atoms with Crippen molar-refractivity contribution >= 4 is 48.9 Å². The molecule has 0 spiro atoms. The number of carbonyl (C=O) groups is 1. The lowest BCUT2D eigenvalue weighted by Crippen LogP contribution is -2.17. The van der Waals surface area contributed by atoms with Gasteiger partial charge in [0.2, 0.25) is 0 Å². The zero-order chi connectivity index (χ0) is 14.8. The highest BCUT2D eigenvalue weighted by Crippen LogP contribution is 2.29. The molecule has 1 aromatic heterocycles. The van der Waals surface area contributed by atoms with Gasteiger partial charge >= 0.3 is 0 Å². The van der Waals surface area contributed by atoms with Crippen LogP contribution in [0.4, 0.5) is 5.69 Å². The fourth-order valence-electron chi connectivity index (χ4n) is 1.51. The van der Waals surface area contributed by atoms with Crippen LogP contribution in [0.5, 0.6) is 0 Å². The molecule has 0 aliphatic heterocycles. The lowest BCUT2D eigenvalue weighted by Gasteiger charge is -2.07. The van der Waals surface area contributed by atoms with Gasteiger partial charge in [0.15, 0.2) is 4.21 Å². The normalized spacial score (nSPS) is 11.1. The molecule has 0 saturated heterocycles. The van der Waals surface area contributed by atoms with E-state index in [4.69, 9.17) is 0 Å². The summed E-state index contributed by atoms with van der Waals surface area (Å²) in [5.74, 6) is -0.222. The van der Waals surface area contributed by atoms with Crippen molar-refractivity contribution in [2.75, 3.05) is 11.8 Å². The maximum Gasteiger partial charge on any atom is 0.272 e. The number of rotatable bonds is 4. The van der Waals surface area contributed by atoms with Gasteiger partial charge in [0, 0.05) is 22.8 Å². The molecule has 0 saturated carbocycles. The second kappa shape index (κ2) is 5.94. The van der Waals surface area contributed by atoms with Crippen LogP contribution in [-0.2, 0) is 10.0 Å². The maximum atomic E-state index is 12.1. The van der Waals surface area contributed by atoms with Crippen LogP contribution in [0.2, 0.25) is 0 Å². The highest BCUT2D eigenvalue weighted by molar-refractivity contribution is 9.10. The van der Waals surface area contributed by atoms with Crippen molar-refractivity contribution in [2.24, 2.45) is 0 Å². The monoisotopic (exact) mass is 374 g/mol. The number of carbonyl (C=O) groups excluding carboxylic acids is 1. The van der Waals surface area contributed by atoms with Crippen LogP contribution in [0.25, 0.3) is 0 Å². The summed E-state index contributed by atoms with van der Waals surface area (Å²) in [6.07, 6.45) is 0. The van der Waals surface area contributed by atoms with Crippen molar-refractivity contribution in [3.63, 3.8) is 0 Å². The Morgan fingerprint density at radius 3 is 2.35 bits per heavy atom. The lowest BCUT2D eigenvalue weighted by atomic mass is 10.2. The topological polar surface area (TPSA) is 75.3 Å². The van der Waals surface area contributed by atoms with Crippen molar-refractivity contribution in [3.05, 3.63) is 45.7 Å². The Morgan fingerprint density at radius 1 is 1.20 bits per heavy atom. The van der Waals surface area contributed by atoms with E-state index in [9.17, 15) is 13.2 Å². The van der Waals surface area contributed by atoms with E-state index >= 15 is 0 Å². The number of benzene rings is 1. The van der Waals surface area contributed by atoms with Gasteiger partial charge in [0.05, 0.1) is 0 Å². The first-order valence-electron chi connectivity index (χ1n) is 5.52. The molecule has 0 aliphatic rings. The summed E-state index contributed by atoms with van der Waals surface area (Å²) in [5, 5.41) is 4.18. The van der Waals surface area contributed by atoms with Gasteiger partial charge in [0.1, 0.15) is 0 Å². The molecule has 0 aliphatic carbocycles. The average Bonchev–Trinajstić information content (AvgIpc) is 2.85. The molecule has 2 aromatic rings. The molecule has 0 radical (unpaired) electrons. The lowest BCUT2D eigenvalue weighted by molar-refractivity contribution is 0.0963. The number of halogens is 1. The zero-order valence-corrected chi connectivity index (χ0v) is 13.6. The number of hydrogen-bond donors (Lipinski definition) is 2. The van der Waals surface area contributed by atoms with Crippen LogP contribution >= 0.6 is 27.3 Å². The molecule has 5 nitrogen and oxygen atoms in total. The molecule has 0 bridgehead atoms. The van der Waals surface area contributed by atoms with Crippen LogP contribution in [0.15, 0.2) is 44.4 Å². The number of amides is 1. The molecule has 0 fully saturated rings. The minimum atomic E-state index is -3.62. The molecule has 20 heavy (non-hydrogen) atoms. The summed E-state index contributed by atoms with van der Waals surface area (Å²) in [6.45, 7) is 0. The maximum absolute atomic E-state index is 12.1. The molecule has 1 heterocycles. The average molecular weight is 375 g/mol. The molecule has 1 aromatic carbocycles. The van der Waals surface area contributed by atoms with Crippen LogP contribution in [-0.4, -0.2) is 21.4 Å². The Hall–Kier alpha value is -1.38. The number of thiophene rings is 1. The Bertz CT molecular complexity index is 723. The molecule has 106 valence electrons. The summed E-state index contributed by atoms with van der Waals surface area (Å²) < 4.78 is 27.5. The van der Waals surface area contributed by atoms with E-state index < -0.39 is 10.0 Å². The molecule has 1 amide bonds. The molecular formula is C12H11BrN2O3S2. The molecule has 0 unspecified atom stereocenters. The predicted molar refractivity (Wildman–Crippen MR) is 82.7 cm³/mol. The van der Waals surface area contributed by atoms with Gasteiger partial charge in [-0.05, 0) is 51.6 Å². The van der Waals surface area contributed by atoms with Gasteiger partial charge in [-0.3, -0.25) is 9.52 Å². The van der Waals surface area contributed by atoms with Crippen LogP contribution in [0.1, 0.15) is 10.4 Å². The Balaban J connectivity index is 2.22. The molecule has 8 heteroatoms. The molecular weight excluding hydrogens is 364 g/mol.